The molecule has 2 nitrogen and oxygen atoms in total. The van der Waals surface area contributed by atoms with E-state index in [1.807, 2.05) is 19.9 Å². The third-order valence-electron chi connectivity index (χ3n) is 1.88. The van der Waals surface area contributed by atoms with Gasteiger partial charge in [0.2, 0.25) is 0 Å². The number of anilines is 1. The molecule has 0 atom stereocenters. The first-order valence-electron chi connectivity index (χ1n) is 4.26. The molecule has 0 heterocycles. The maximum Gasteiger partial charge on any atom is 0.149 e. The second-order valence-electron chi connectivity index (χ2n) is 2.83. The highest BCUT2D eigenvalue weighted by Crippen LogP contribution is 2.19. The van der Waals surface area contributed by atoms with E-state index in [2.05, 4.69) is 0 Å². The van der Waals surface area contributed by atoms with Gasteiger partial charge in [0.15, 0.2) is 0 Å². The van der Waals surface area contributed by atoms with Crippen molar-refractivity contribution in [1.29, 1.82) is 0 Å². The summed E-state index contributed by atoms with van der Waals surface area (Å²) in [7, 11) is 1.53. The Morgan fingerprint density at radius 1 is 1.46 bits per heavy atom. The Kier molecular flexibility index (Phi) is 3.25. The SMILES string of the molecule is CCN(OC)c1ccc(C)cc1F. The lowest BCUT2D eigenvalue weighted by Crippen LogP contribution is -2.21. The zero-order valence-corrected chi connectivity index (χ0v) is 8.17. The highest BCUT2D eigenvalue weighted by molar-refractivity contribution is 5.46. The van der Waals surface area contributed by atoms with Crippen molar-refractivity contribution in [2.45, 2.75) is 13.8 Å². The maximum atomic E-state index is 13.4. The van der Waals surface area contributed by atoms with Crippen molar-refractivity contribution < 1.29 is 9.23 Å². The Morgan fingerprint density at radius 3 is 2.62 bits per heavy atom. The van der Waals surface area contributed by atoms with Crippen LogP contribution in [0.25, 0.3) is 0 Å². The molecule has 0 aromatic heterocycles. The van der Waals surface area contributed by atoms with E-state index in [9.17, 15) is 4.39 Å². The molecule has 0 aliphatic heterocycles. The average molecular weight is 183 g/mol. The van der Waals surface area contributed by atoms with E-state index in [0.717, 1.165) is 5.56 Å². The summed E-state index contributed by atoms with van der Waals surface area (Å²) in [6, 6.07) is 5.08. The topological polar surface area (TPSA) is 12.5 Å². The number of hydrogen-bond donors (Lipinski definition) is 0. The second-order valence-corrected chi connectivity index (χ2v) is 2.83. The van der Waals surface area contributed by atoms with Crippen LogP contribution in [0.5, 0.6) is 0 Å². The van der Waals surface area contributed by atoms with Gasteiger partial charge in [0, 0.05) is 6.54 Å². The molecule has 0 amide bonds. The van der Waals surface area contributed by atoms with Gasteiger partial charge < -0.3 is 0 Å². The van der Waals surface area contributed by atoms with Crippen LogP contribution in [0.15, 0.2) is 18.2 Å². The van der Waals surface area contributed by atoms with Gasteiger partial charge in [-0.2, -0.15) is 0 Å². The number of rotatable bonds is 3. The standard InChI is InChI=1S/C10H14FNO/c1-4-12(13-3)10-6-5-8(2)7-9(10)11/h5-7H,4H2,1-3H3. The molecule has 0 aliphatic rings. The zero-order chi connectivity index (χ0) is 9.84. The van der Waals surface area contributed by atoms with Crippen LogP contribution >= 0.6 is 0 Å². The molecule has 1 aromatic carbocycles. The normalized spacial score (nSPS) is 10.2. The van der Waals surface area contributed by atoms with Crippen molar-refractivity contribution in [1.82, 2.24) is 0 Å². The highest BCUT2D eigenvalue weighted by atomic mass is 19.1. The first kappa shape index (κ1) is 9.99. The van der Waals surface area contributed by atoms with Crippen LogP contribution in [0.4, 0.5) is 10.1 Å². The highest BCUT2D eigenvalue weighted by Gasteiger charge is 2.08. The predicted molar refractivity (Wildman–Crippen MR) is 51.2 cm³/mol. The van der Waals surface area contributed by atoms with E-state index in [1.165, 1.54) is 18.2 Å². The predicted octanol–water partition coefficient (Wildman–Crippen LogP) is 2.52. The molecule has 13 heavy (non-hydrogen) atoms. The number of halogens is 1. The Balaban J connectivity index is 2.99. The van der Waals surface area contributed by atoms with E-state index in [1.54, 1.807) is 6.07 Å². The van der Waals surface area contributed by atoms with Gasteiger partial charge >= 0.3 is 0 Å². The summed E-state index contributed by atoms with van der Waals surface area (Å²) in [5, 5.41) is 1.51. The van der Waals surface area contributed by atoms with E-state index in [0.29, 0.717) is 12.2 Å². The molecule has 1 rings (SSSR count). The molecule has 0 saturated heterocycles. The first-order valence-corrected chi connectivity index (χ1v) is 4.26. The summed E-state index contributed by atoms with van der Waals surface area (Å²) < 4.78 is 13.4. The molecule has 0 saturated carbocycles. The quantitative estimate of drug-likeness (QED) is 0.667. The summed E-state index contributed by atoms with van der Waals surface area (Å²) in [6.45, 7) is 4.38. The monoisotopic (exact) mass is 183 g/mol. The summed E-state index contributed by atoms with van der Waals surface area (Å²) in [6.07, 6.45) is 0. The van der Waals surface area contributed by atoms with Gasteiger partial charge in [0.05, 0.1) is 12.8 Å². The molecule has 72 valence electrons. The Morgan fingerprint density at radius 2 is 2.15 bits per heavy atom. The van der Waals surface area contributed by atoms with Crippen LogP contribution in [0.2, 0.25) is 0 Å². The Bertz CT molecular complexity index is 284. The minimum Gasteiger partial charge on any atom is -0.277 e. The molecule has 0 fully saturated rings. The van der Waals surface area contributed by atoms with Gasteiger partial charge in [-0.15, -0.1) is 0 Å². The average Bonchev–Trinajstić information content (AvgIpc) is 2.10. The Hall–Kier alpha value is -1.09. The number of nitrogens with zero attached hydrogens (tertiary/aromatic N) is 1. The summed E-state index contributed by atoms with van der Waals surface area (Å²) >= 11 is 0. The summed E-state index contributed by atoms with van der Waals surface area (Å²) in [5.74, 6) is -0.247. The third-order valence-corrected chi connectivity index (χ3v) is 1.88. The van der Waals surface area contributed by atoms with Crippen molar-refractivity contribution >= 4 is 5.69 Å². The van der Waals surface area contributed by atoms with Gasteiger partial charge in [-0.05, 0) is 31.5 Å². The lowest BCUT2D eigenvalue weighted by molar-refractivity contribution is 0.168. The van der Waals surface area contributed by atoms with Crippen molar-refractivity contribution in [3.8, 4) is 0 Å². The molecule has 0 aliphatic carbocycles. The molecule has 0 bridgehead atoms. The van der Waals surface area contributed by atoms with Crippen LogP contribution in [-0.4, -0.2) is 13.7 Å². The van der Waals surface area contributed by atoms with Crippen molar-refractivity contribution in [2.75, 3.05) is 18.7 Å². The van der Waals surface area contributed by atoms with Crippen molar-refractivity contribution in [3.05, 3.63) is 29.6 Å². The molecular formula is C10H14FNO. The maximum absolute atomic E-state index is 13.4. The zero-order valence-electron chi connectivity index (χ0n) is 8.17. The minimum atomic E-state index is -0.247. The van der Waals surface area contributed by atoms with Crippen LogP contribution in [0.3, 0.4) is 0 Å². The van der Waals surface area contributed by atoms with Crippen molar-refractivity contribution in [3.63, 3.8) is 0 Å². The molecule has 0 radical (unpaired) electrons. The molecule has 1 aromatic rings. The van der Waals surface area contributed by atoms with Gasteiger partial charge in [0.25, 0.3) is 0 Å². The molecule has 0 spiro atoms. The van der Waals surface area contributed by atoms with Gasteiger partial charge in [-0.3, -0.25) is 9.90 Å². The van der Waals surface area contributed by atoms with Crippen LogP contribution in [0.1, 0.15) is 12.5 Å². The molecule has 0 unspecified atom stereocenters. The minimum absolute atomic E-state index is 0.247. The van der Waals surface area contributed by atoms with E-state index < -0.39 is 0 Å². The molecule has 3 heteroatoms. The van der Waals surface area contributed by atoms with Crippen molar-refractivity contribution in [2.24, 2.45) is 0 Å². The smallest absolute Gasteiger partial charge is 0.149 e. The third kappa shape index (κ3) is 2.18. The van der Waals surface area contributed by atoms with Gasteiger partial charge in [0.1, 0.15) is 5.82 Å². The van der Waals surface area contributed by atoms with Crippen LogP contribution in [0, 0.1) is 12.7 Å². The lowest BCUT2D eigenvalue weighted by atomic mass is 10.2. The van der Waals surface area contributed by atoms with Crippen LogP contribution in [-0.2, 0) is 4.84 Å². The number of hydroxylamine groups is 1. The number of aryl methyl sites for hydroxylation is 1. The molecular weight excluding hydrogens is 169 g/mol. The van der Waals surface area contributed by atoms with E-state index in [4.69, 9.17) is 4.84 Å². The van der Waals surface area contributed by atoms with Gasteiger partial charge in [-0.25, -0.2) is 4.39 Å². The second kappa shape index (κ2) is 4.23. The first-order chi connectivity index (χ1) is 6.19. The Labute approximate surface area is 77.9 Å². The lowest BCUT2D eigenvalue weighted by Gasteiger charge is -2.20. The summed E-state index contributed by atoms with van der Waals surface area (Å²) in [4.78, 5) is 5.00. The fourth-order valence-corrected chi connectivity index (χ4v) is 1.21. The number of benzene rings is 1. The fourth-order valence-electron chi connectivity index (χ4n) is 1.21. The molecule has 0 N–H and O–H groups in total. The van der Waals surface area contributed by atoms with E-state index >= 15 is 0 Å². The van der Waals surface area contributed by atoms with Crippen LogP contribution < -0.4 is 5.06 Å². The number of hydrogen-bond acceptors (Lipinski definition) is 2. The largest absolute Gasteiger partial charge is 0.277 e. The van der Waals surface area contributed by atoms with Gasteiger partial charge in [-0.1, -0.05) is 6.07 Å². The van der Waals surface area contributed by atoms with E-state index in [-0.39, 0.29) is 5.82 Å². The fraction of sp³-hybridized carbons (Fsp3) is 0.400. The summed E-state index contributed by atoms with van der Waals surface area (Å²) in [5.41, 5.74) is 1.39.